The molecule has 0 bridgehead atoms. The smallest absolute Gasteiger partial charge is 0.0447 e. The van der Waals surface area contributed by atoms with E-state index in [9.17, 15) is 0 Å². The fourth-order valence-electron chi connectivity index (χ4n) is 3.57. The zero-order chi connectivity index (χ0) is 13.2. The molecule has 0 heterocycles. The van der Waals surface area contributed by atoms with Crippen molar-refractivity contribution < 1.29 is 0 Å². The summed E-state index contributed by atoms with van der Waals surface area (Å²) in [5.74, 6) is 0. The van der Waals surface area contributed by atoms with Crippen LogP contribution in [-0.4, -0.2) is 24.9 Å². The van der Waals surface area contributed by atoms with Crippen molar-refractivity contribution in [2.75, 3.05) is 0 Å². The molecule has 0 fully saturated rings. The van der Waals surface area contributed by atoms with E-state index >= 15 is 0 Å². The van der Waals surface area contributed by atoms with E-state index in [1.54, 1.807) is 11.7 Å². The Morgan fingerprint density at radius 3 is 1.62 bits per heavy atom. The van der Waals surface area contributed by atoms with Gasteiger partial charge in [0.15, 0.2) is 0 Å². The molecule has 0 aliphatic rings. The molecule has 1 atom stereocenters. The summed E-state index contributed by atoms with van der Waals surface area (Å²) < 4.78 is 0. The minimum Gasteiger partial charge on any atom is -0.0722 e. The first-order chi connectivity index (χ1) is 6.81. The highest BCUT2D eigenvalue weighted by Gasteiger charge is 2.30. The van der Waals surface area contributed by atoms with Crippen LogP contribution < -0.4 is 0 Å². The van der Waals surface area contributed by atoms with Crippen molar-refractivity contribution in [2.45, 2.75) is 77.4 Å². The van der Waals surface area contributed by atoms with Crippen molar-refractivity contribution in [2.24, 2.45) is 5.41 Å². The lowest BCUT2D eigenvalue weighted by Crippen LogP contribution is -2.34. The van der Waals surface area contributed by atoms with Gasteiger partial charge in [-0.25, -0.2) is 0 Å². The van der Waals surface area contributed by atoms with Gasteiger partial charge >= 0.3 is 0 Å². The maximum Gasteiger partial charge on any atom is 0.0447 e. The molecule has 16 heavy (non-hydrogen) atoms. The largest absolute Gasteiger partial charge is 0.0722 e. The molecular weight excluding hydrogens is 240 g/mol. The SMILES string of the molecule is C[SiH](CC(C)(C)C[Si](C)(C)C)C[Si](C)(C)C. The first-order valence-corrected chi connectivity index (χ1v) is 17.0. The molecule has 0 nitrogen and oxygen atoms in total. The minimum absolute atomic E-state index is 0.458. The Morgan fingerprint density at radius 1 is 0.875 bits per heavy atom. The topological polar surface area (TPSA) is 0 Å². The molecule has 98 valence electrons. The summed E-state index contributed by atoms with van der Waals surface area (Å²) in [7, 11) is -2.15. The van der Waals surface area contributed by atoms with Gasteiger partial charge in [-0.05, 0) is 5.41 Å². The average Bonchev–Trinajstić information content (AvgIpc) is 1.70. The normalized spacial score (nSPS) is 16.3. The van der Waals surface area contributed by atoms with Crippen LogP contribution in [0.25, 0.3) is 0 Å². The van der Waals surface area contributed by atoms with Gasteiger partial charge < -0.3 is 0 Å². The van der Waals surface area contributed by atoms with Crippen LogP contribution in [0.3, 0.4) is 0 Å². The van der Waals surface area contributed by atoms with Crippen LogP contribution >= 0.6 is 0 Å². The molecule has 0 aliphatic carbocycles. The van der Waals surface area contributed by atoms with Crippen LogP contribution in [0.5, 0.6) is 0 Å². The maximum atomic E-state index is 2.60. The van der Waals surface area contributed by atoms with Crippen LogP contribution in [0.15, 0.2) is 0 Å². The van der Waals surface area contributed by atoms with Crippen LogP contribution in [0.1, 0.15) is 13.8 Å². The second-order valence-electron chi connectivity index (χ2n) is 8.98. The molecule has 1 unspecified atom stereocenters. The average molecular weight is 275 g/mol. The van der Waals surface area contributed by atoms with E-state index in [-0.39, 0.29) is 0 Å². The lowest BCUT2D eigenvalue weighted by Gasteiger charge is -2.34. The van der Waals surface area contributed by atoms with Crippen molar-refractivity contribution in [1.29, 1.82) is 0 Å². The Hall–Kier alpha value is 0.651. The van der Waals surface area contributed by atoms with Crippen molar-refractivity contribution in [3.05, 3.63) is 0 Å². The fourth-order valence-corrected chi connectivity index (χ4v) is 17.8. The van der Waals surface area contributed by atoms with Crippen LogP contribution in [0.2, 0.25) is 63.6 Å². The van der Waals surface area contributed by atoms with Gasteiger partial charge in [0.2, 0.25) is 0 Å². The van der Waals surface area contributed by atoms with Gasteiger partial charge in [0.05, 0.1) is 0 Å². The van der Waals surface area contributed by atoms with Gasteiger partial charge in [-0.15, -0.1) is 0 Å². The van der Waals surface area contributed by atoms with Gasteiger partial charge in [0.25, 0.3) is 0 Å². The van der Waals surface area contributed by atoms with E-state index in [0.29, 0.717) is 5.41 Å². The Morgan fingerprint density at radius 2 is 1.31 bits per heavy atom. The highest BCUT2D eigenvalue weighted by atomic mass is 28.4. The quantitative estimate of drug-likeness (QED) is 0.592. The molecule has 0 aromatic heterocycles. The molecule has 0 aromatic carbocycles. The first kappa shape index (κ1) is 16.7. The molecule has 0 spiro atoms. The summed E-state index contributed by atoms with van der Waals surface area (Å²) in [5, 5.41) is 0. The van der Waals surface area contributed by atoms with Crippen molar-refractivity contribution in [3.8, 4) is 0 Å². The summed E-state index contributed by atoms with van der Waals surface area (Å²) in [6, 6.07) is 3.06. The second kappa shape index (κ2) is 5.53. The molecule has 0 saturated carbocycles. The van der Waals surface area contributed by atoms with Crippen molar-refractivity contribution >= 4 is 24.9 Å². The number of rotatable bonds is 6. The van der Waals surface area contributed by atoms with E-state index < -0.39 is 24.9 Å². The van der Waals surface area contributed by atoms with Gasteiger partial charge in [-0.1, -0.05) is 77.4 Å². The number of hydrogen-bond donors (Lipinski definition) is 0. The van der Waals surface area contributed by atoms with Crippen LogP contribution in [0.4, 0.5) is 0 Å². The van der Waals surface area contributed by atoms with Crippen molar-refractivity contribution in [1.82, 2.24) is 0 Å². The Balaban J connectivity index is 4.26. The molecule has 0 N–H and O–H groups in total. The van der Waals surface area contributed by atoms with E-state index in [1.807, 2.05) is 0 Å². The van der Waals surface area contributed by atoms with Crippen LogP contribution in [-0.2, 0) is 0 Å². The second-order valence-corrected chi connectivity index (χ2v) is 23.8. The van der Waals surface area contributed by atoms with Gasteiger partial charge in [-0.2, -0.15) is 0 Å². The summed E-state index contributed by atoms with van der Waals surface area (Å²) in [6.07, 6.45) is 0. The lowest BCUT2D eigenvalue weighted by atomic mass is 10.00. The summed E-state index contributed by atoms with van der Waals surface area (Å²) in [6.45, 7) is 22.8. The molecule has 0 aliphatic heterocycles. The Labute approximate surface area is 108 Å². The highest BCUT2D eigenvalue weighted by molar-refractivity contribution is 6.87. The Kier molecular flexibility index (Phi) is 5.75. The highest BCUT2D eigenvalue weighted by Crippen LogP contribution is 2.34. The summed E-state index contributed by atoms with van der Waals surface area (Å²) in [4.78, 5) is 0. The van der Waals surface area contributed by atoms with Crippen molar-refractivity contribution in [3.63, 3.8) is 0 Å². The van der Waals surface area contributed by atoms with E-state index in [2.05, 4.69) is 59.7 Å². The third kappa shape index (κ3) is 9.85. The minimum atomic E-state index is -0.885. The standard InChI is InChI=1S/C13H34Si3/c1-13(2,11-15(4,5)6)10-14(3)12-16(7,8)9/h14H,10-12H2,1-9H3. The third-order valence-corrected chi connectivity index (χ3v) is 14.4. The number of hydrogen-bond acceptors (Lipinski definition) is 0. The summed E-state index contributed by atoms with van der Waals surface area (Å²) in [5.41, 5.74) is 2.25. The predicted octanol–water partition coefficient (Wildman–Crippen LogP) is 5.09. The summed E-state index contributed by atoms with van der Waals surface area (Å²) >= 11 is 0. The fraction of sp³-hybridized carbons (Fsp3) is 1.00. The van der Waals surface area contributed by atoms with Crippen LogP contribution in [0, 0.1) is 5.41 Å². The lowest BCUT2D eigenvalue weighted by molar-refractivity contribution is 0.457. The van der Waals surface area contributed by atoms with E-state index in [0.717, 1.165) is 0 Å². The first-order valence-electron chi connectivity index (χ1n) is 6.81. The molecule has 3 heteroatoms. The molecule has 0 saturated heterocycles. The van der Waals surface area contributed by atoms with Gasteiger partial charge in [0.1, 0.15) is 0 Å². The van der Waals surface area contributed by atoms with E-state index in [4.69, 9.17) is 0 Å². The molecule has 0 amide bonds. The predicted molar refractivity (Wildman–Crippen MR) is 87.9 cm³/mol. The third-order valence-electron chi connectivity index (χ3n) is 2.87. The molecule has 0 aromatic rings. The Bertz CT molecular complexity index is 208. The molecular formula is C13H34Si3. The molecule has 0 radical (unpaired) electrons. The maximum absolute atomic E-state index is 2.60. The van der Waals surface area contributed by atoms with E-state index in [1.165, 1.54) is 6.04 Å². The molecule has 0 rings (SSSR count). The van der Waals surface area contributed by atoms with Gasteiger partial charge in [0, 0.05) is 24.9 Å². The van der Waals surface area contributed by atoms with Gasteiger partial charge in [-0.3, -0.25) is 0 Å². The zero-order valence-electron chi connectivity index (χ0n) is 13.2. The zero-order valence-corrected chi connectivity index (χ0v) is 16.4. The monoisotopic (exact) mass is 274 g/mol.